The summed E-state index contributed by atoms with van der Waals surface area (Å²) in [7, 11) is 0. The van der Waals surface area contributed by atoms with Crippen LogP contribution < -0.4 is 10.6 Å². The van der Waals surface area contributed by atoms with E-state index in [1.807, 2.05) is 30.3 Å². The Morgan fingerprint density at radius 2 is 2.14 bits per heavy atom. The third-order valence-corrected chi connectivity index (χ3v) is 3.25. The van der Waals surface area contributed by atoms with Crippen LogP contribution in [-0.2, 0) is 4.79 Å². The highest BCUT2D eigenvalue weighted by atomic mass is 16.5. The Morgan fingerprint density at radius 3 is 2.77 bits per heavy atom. The summed E-state index contributed by atoms with van der Waals surface area (Å²) < 4.78 is 4.95. The molecule has 1 unspecified atom stereocenters. The molecule has 1 atom stereocenters. The first-order valence-corrected chi connectivity index (χ1v) is 7.31. The van der Waals surface area contributed by atoms with Crippen molar-refractivity contribution in [2.75, 3.05) is 18.5 Å². The normalized spacial score (nSPS) is 12.1. The van der Waals surface area contributed by atoms with Crippen LogP contribution in [0.4, 0.5) is 5.88 Å². The number of carbonyl (C=O) groups excluding carboxylic acids is 1. The molecule has 0 aliphatic rings. The van der Waals surface area contributed by atoms with Gasteiger partial charge in [0.15, 0.2) is 0 Å². The van der Waals surface area contributed by atoms with Crippen molar-refractivity contribution in [1.82, 2.24) is 10.5 Å². The predicted octanol–water partition coefficient (Wildman–Crippen LogP) is 2.02. The van der Waals surface area contributed by atoms with Crippen LogP contribution in [0.2, 0.25) is 0 Å². The number of benzene rings is 1. The number of amides is 1. The zero-order valence-electron chi connectivity index (χ0n) is 12.6. The summed E-state index contributed by atoms with van der Waals surface area (Å²) in [6.07, 6.45) is 1.44. The van der Waals surface area contributed by atoms with Crippen LogP contribution in [0.5, 0.6) is 0 Å². The molecule has 0 aliphatic carbocycles. The second-order valence-electron chi connectivity index (χ2n) is 5.09. The number of hydrogen-bond donors (Lipinski definition) is 3. The van der Waals surface area contributed by atoms with Crippen LogP contribution >= 0.6 is 0 Å². The van der Waals surface area contributed by atoms with Crippen molar-refractivity contribution >= 4 is 11.8 Å². The van der Waals surface area contributed by atoms with Crippen LogP contribution in [0.15, 0.2) is 40.9 Å². The summed E-state index contributed by atoms with van der Waals surface area (Å²) in [5, 5.41) is 18.6. The van der Waals surface area contributed by atoms with Gasteiger partial charge in [-0.05, 0) is 25.3 Å². The lowest BCUT2D eigenvalue weighted by atomic mass is 10.0. The minimum Gasteiger partial charge on any atom is -0.396 e. The number of hydrogen-bond acceptors (Lipinski definition) is 5. The lowest BCUT2D eigenvalue weighted by Gasteiger charge is -2.18. The van der Waals surface area contributed by atoms with Crippen LogP contribution in [0.3, 0.4) is 0 Å². The van der Waals surface area contributed by atoms with E-state index in [2.05, 4.69) is 15.8 Å². The summed E-state index contributed by atoms with van der Waals surface area (Å²) >= 11 is 0. The first-order valence-electron chi connectivity index (χ1n) is 7.31. The molecule has 2 aromatic rings. The summed E-state index contributed by atoms with van der Waals surface area (Å²) in [6, 6.07) is 11.6. The molecule has 6 nitrogen and oxygen atoms in total. The third kappa shape index (κ3) is 4.98. The Bertz CT molecular complexity index is 583. The Morgan fingerprint density at radius 1 is 1.36 bits per heavy atom. The van der Waals surface area contributed by atoms with Crippen LogP contribution in [0.25, 0.3) is 0 Å². The number of carbonyl (C=O) groups is 1. The highest BCUT2D eigenvalue weighted by molar-refractivity contribution is 5.90. The van der Waals surface area contributed by atoms with Crippen molar-refractivity contribution in [3.63, 3.8) is 0 Å². The molecule has 0 radical (unpaired) electrons. The molecule has 1 amide bonds. The first kappa shape index (κ1) is 16.2. The van der Waals surface area contributed by atoms with Gasteiger partial charge in [0.05, 0.1) is 12.2 Å². The van der Waals surface area contributed by atoms with Gasteiger partial charge in [-0.25, -0.2) is 0 Å². The van der Waals surface area contributed by atoms with E-state index in [-0.39, 0.29) is 25.1 Å². The highest BCUT2D eigenvalue weighted by Crippen LogP contribution is 2.18. The van der Waals surface area contributed by atoms with E-state index < -0.39 is 0 Å². The van der Waals surface area contributed by atoms with E-state index in [1.54, 1.807) is 13.0 Å². The molecule has 1 aromatic heterocycles. The predicted molar refractivity (Wildman–Crippen MR) is 83.4 cm³/mol. The fourth-order valence-electron chi connectivity index (χ4n) is 2.19. The molecular formula is C16H21N3O3. The summed E-state index contributed by atoms with van der Waals surface area (Å²) in [5.74, 6) is 0.150. The zero-order valence-corrected chi connectivity index (χ0v) is 12.6. The summed E-state index contributed by atoms with van der Waals surface area (Å²) in [5.41, 5.74) is 1.81. The van der Waals surface area contributed by atoms with Crippen LogP contribution in [-0.4, -0.2) is 29.3 Å². The van der Waals surface area contributed by atoms with Gasteiger partial charge < -0.3 is 14.9 Å². The van der Waals surface area contributed by atoms with Crippen molar-refractivity contribution in [1.29, 1.82) is 0 Å². The number of anilines is 1. The van der Waals surface area contributed by atoms with Crippen molar-refractivity contribution in [2.24, 2.45) is 0 Å². The molecule has 0 fully saturated rings. The largest absolute Gasteiger partial charge is 0.396 e. The van der Waals surface area contributed by atoms with Gasteiger partial charge in [-0.15, -0.1) is 0 Å². The molecule has 2 rings (SSSR count). The molecule has 1 heterocycles. The SMILES string of the molecule is Cc1cc(NC(=O)CNC(CCCO)c2ccccc2)on1. The van der Waals surface area contributed by atoms with Gasteiger partial charge in [0, 0.05) is 18.7 Å². The molecule has 118 valence electrons. The van der Waals surface area contributed by atoms with Gasteiger partial charge in [0.1, 0.15) is 0 Å². The fraction of sp³-hybridized carbons (Fsp3) is 0.375. The van der Waals surface area contributed by atoms with Crippen molar-refractivity contribution < 1.29 is 14.4 Å². The minimum atomic E-state index is -0.193. The number of nitrogens with one attached hydrogen (secondary N) is 2. The number of aliphatic hydroxyl groups excluding tert-OH is 1. The highest BCUT2D eigenvalue weighted by Gasteiger charge is 2.13. The van der Waals surface area contributed by atoms with E-state index in [0.717, 1.165) is 12.0 Å². The first-order chi connectivity index (χ1) is 10.7. The molecule has 6 heteroatoms. The van der Waals surface area contributed by atoms with E-state index in [4.69, 9.17) is 9.63 Å². The Hall–Kier alpha value is -2.18. The fourth-order valence-corrected chi connectivity index (χ4v) is 2.19. The van der Waals surface area contributed by atoms with Gasteiger partial charge >= 0.3 is 0 Å². The maximum Gasteiger partial charge on any atom is 0.240 e. The summed E-state index contributed by atoms with van der Waals surface area (Å²) in [6.45, 7) is 2.08. The third-order valence-electron chi connectivity index (χ3n) is 3.25. The van der Waals surface area contributed by atoms with E-state index in [0.29, 0.717) is 18.0 Å². The van der Waals surface area contributed by atoms with Gasteiger partial charge in [0.25, 0.3) is 0 Å². The van der Waals surface area contributed by atoms with E-state index in [1.165, 1.54) is 0 Å². The standard InChI is InChI=1S/C16H21N3O3/c1-12-10-16(22-19-12)18-15(21)11-17-14(8-5-9-20)13-6-3-2-4-7-13/h2-4,6-7,10,14,17,20H,5,8-9,11H2,1H3,(H,18,21). The lowest BCUT2D eigenvalue weighted by Crippen LogP contribution is -2.31. The molecule has 0 aliphatic heterocycles. The van der Waals surface area contributed by atoms with Crippen molar-refractivity contribution in [2.45, 2.75) is 25.8 Å². The van der Waals surface area contributed by atoms with Crippen molar-refractivity contribution in [3.8, 4) is 0 Å². The van der Waals surface area contributed by atoms with Gasteiger partial charge in [-0.3, -0.25) is 10.1 Å². The maximum atomic E-state index is 11.9. The van der Waals surface area contributed by atoms with Crippen LogP contribution in [0.1, 0.15) is 30.1 Å². The number of aromatic nitrogens is 1. The Labute approximate surface area is 129 Å². The molecule has 0 saturated carbocycles. The van der Waals surface area contributed by atoms with Gasteiger partial charge in [0.2, 0.25) is 11.8 Å². The second-order valence-corrected chi connectivity index (χ2v) is 5.09. The number of nitrogens with zero attached hydrogens (tertiary/aromatic N) is 1. The average molecular weight is 303 g/mol. The molecule has 22 heavy (non-hydrogen) atoms. The molecule has 0 spiro atoms. The molecule has 0 bridgehead atoms. The average Bonchev–Trinajstić information content (AvgIpc) is 2.93. The van der Waals surface area contributed by atoms with Gasteiger partial charge in [-0.2, -0.15) is 0 Å². The zero-order chi connectivity index (χ0) is 15.8. The Kier molecular flexibility index (Phi) is 6.12. The quantitative estimate of drug-likeness (QED) is 0.694. The maximum absolute atomic E-state index is 11.9. The second kappa shape index (κ2) is 8.31. The number of aryl methyl sites for hydroxylation is 1. The lowest BCUT2D eigenvalue weighted by molar-refractivity contribution is -0.115. The van der Waals surface area contributed by atoms with Crippen LogP contribution in [0, 0.1) is 6.92 Å². The van der Waals surface area contributed by atoms with Crippen molar-refractivity contribution in [3.05, 3.63) is 47.7 Å². The van der Waals surface area contributed by atoms with Gasteiger partial charge in [-0.1, -0.05) is 35.5 Å². The monoisotopic (exact) mass is 303 g/mol. The molecule has 1 aromatic carbocycles. The number of aliphatic hydroxyl groups is 1. The Balaban J connectivity index is 1.88. The molecule has 3 N–H and O–H groups in total. The number of rotatable bonds is 8. The smallest absolute Gasteiger partial charge is 0.240 e. The topological polar surface area (TPSA) is 87.4 Å². The molecular weight excluding hydrogens is 282 g/mol. The summed E-state index contributed by atoms with van der Waals surface area (Å²) in [4.78, 5) is 11.9. The van der Waals surface area contributed by atoms with E-state index in [9.17, 15) is 4.79 Å². The minimum absolute atomic E-state index is 0.0237. The molecule has 0 saturated heterocycles. The van der Waals surface area contributed by atoms with E-state index >= 15 is 0 Å².